The maximum atomic E-state index is 13.8. The monoisotopic (exact) mass is 418 g/mol. The molecule has 0 heterocycles. The third-order valence-corrected chi connectivity index (χ3v) is 3.82. The van der Waals surface area contributed by atoms with E-state index in [2.05, 4.69) is 10.3 Å². The summed E-state index contributed by atoms with van der Waals surface area (Å²) in [4.78, 5) is 15.8. The Kier molecular flexibility index (Phi) is 6.67. The van der Waals surface area contributed by atoms with Crippen molar-refractivity contribution in [3.63, 3.8) is 0 Å². The highest BCUT2D eigenvalue weighted by atomic mass is 19.4. The molecule has 11 heteroatoms. The van der Waals surface area contributed by atoms with Gasteiger partial charge < -0.3 is 15.2 Å². The third kappa shape index (κ3) is 5.79. The number of carbonyl (C=O) groups excluding carboxylic acids is 1. The average molecular weight is 418 g/mol. The van der Waals surface area contributed by atoms with E-state index in [1.807, 2.05) is 0 Å². The van der Waals surface area contributed by atoms with Crippen molar-refractivity contribution in [3.8, 4) is 5.75 Å². The predicted molar refractivity (Wildman–Crippen MR) is 94.7 cm³/mol. The van der Waals surface area contributed by atoms with E-state index in [4.69, 9.17) is 9.99 Å². The number of nitrogens with one attached hydrogen (secondary N) is 2. The van der Waals surface area contributed by atoms with Crippen LogP contribution in [0.2, 0.25) is 0 Å². The highest BCUT2D eigenvalue weighted by molar-refractivity contribution is 5.97. The molecule has 2 aromatic carbocycles. The van der Waals surface area contributed by atoms with Crippen LogP contribution in [0.25, 0.3) is 0 Å². The van der Waals surface area contributed by atoms with Crippen LogP contribution >= 0.6 is 0 Å². The molecule has 0 saturated carbocycles. The van der Waals surface area contributed by atoms with Crippen LogP contribution < -0.4 is 15.5 Å². The van der Waals surface area contributed by atoms with Crippen molar-refractivity contribution in [1.29, 1.82) is 0 Å². The van der Waals surface area contributed by atoms with Crippen molar-refractivity contribution in [1.82, 2.24) is 0 Å². The fourth-order valence-electron chi connectivity index (χ4n) is 2.27. The number of ether oxygens (including phenoxy) is 1. The summed E-state index contributed by atoms with van der Waals surface area (Å²) in [6, 6.07) is 6.66. The molecule has 1 amide bonds. The maximum absolute atomic E-state index is 13.8. The van der Waals surface area contributed by atoms with E-state index in [1.54, 1.807) is 18.5 Å². The first-order valence-corrected chi connectivity index (χ1v) is 8.14. The molecule has 4 N–H and O–H groups in total. The Morgan fingerprint density at radius 3 is 2.45 bits per heavy atom. The zero-order chi connectivity index (χ0) is 21.8. The van der Waals surface area contributed by atoms with Crippen molar-refractivity contribution < 1.29 is 42.4 Å². The normalized spacial score (nSPS) is 13.5. The molecule has 0 aliphatic carbocycles. The van der Waals surface area contributed by atoms with E-state index in [0.717, 1.165) is 19.1 Å². The molecular weight excluding hydrogens is 400 g/mol. The van der Waals surface area contributed by atoms with Crippen molar-refractivity contribution in [3.05, 3.63) is 53.3 Å². The molecular formula is C18H18F4N2O5. The van der Waals surface area contributed by atoms with Crippen molar-refractivity contribution in [2.45, 2.75) is 25.6 Å². The highest BCUT2D eigenvalue weighted by Crippen LogP contribution is 2.36. The van der Waals surface area contributed by atoms with Gasteiger partial charge in [0.25, 0.3) is 5.91 Å². The van der Waals surface area contributed by atoms with Crippen molar-refractivity contribution in [2.24, 2.45) is 0 Å². The Hall–Kier alpha value is -2.89. The van der Waals surface area contributed by atoms with Crippen LogP contribution in [0.3, 0.4) is 0 Å². The summed E-state index contributed by atoms with van der Waals surface area (Å²) in [6.45, 7) is 2.08. The van der Waals surface area contributed by atoms with E-state index in [1.165, 1.54) is 12.1 Å². The maximum Gasteiger partial charge on any atom is 0.418 e. The van der Waals surface area contributed by atoms with Gasteiger partial charge in [0, 0.05) is 5.69 Å². The molecule has 0 saturated heterocycles. The van der Waals surface area contributed by atoms with Gasteiger partial charge in [-0.3, -0.25) is 4.79 Å². The Balaban J connectivity index is 2.13. The lowest BCUT2D eigenvalue weighted by Crippen LogP contribution is -2.45. The van der Waals surface area contributed by atoms with Crippen LogP contribution in [-0.4, -0.2) is 28.5 Å². The molecule has 2 rings (SSSR count). The third-order valence-electron chi connectivity index (χ3n) is 3.82. The first kappa shape index (κ1) is 22.4. The van der Waals surface area contributed by atoms with E-state index in [-0.39, 0.29) is 11.4 Å². The number of hydrogen-bond acceptors (Lipinski definition) is 6. The SMILES string of the molecule is Cc1ccc(OC[C@](C)(O)C(=O)Nc2ccc(NOO)c(C(F)(F)F)c2)c(F)c1. The van der Waals surface area contributed by atoms with Gasteiger partial charge in [0.05, 0.1) is 11.3 Å². The van der Waals surface area contributed by atoms with Crippen LogP contribution in [0.5, 0.6) is 5.75 Å². The van der Waals surface area contributed by atoms with Crippen LogP contribution in [0.1, 0.15) is 18.1 Å². The van der Waals surface area contributed by atoms with Gasteiger partial charge in [0.1, 0.15) is 6.61 Å². The zero-order valence-electron chi connectivity index (χ0n) is 15.3. The topological polar surface area (TPSA) is 100 Å². The number of carbonyl (C=O) groups is 1. The second kappa shape index (κ2) is 8.64. The van der Waals surface area contributed by atoms with Gasteiger partial charge in [-0.15, -0.1) is 4.99 Å². The lowest BCUT2D eigenvalue weighted by molar-refractivity contribution is -0.216. The molecule has 7 nitrogen and oxygen atoms in total. The van der Waals surface area contributed by atoms with Gasteiger partial charge >= 0.3 is 6.18 Å². The quantitative estimate of drug-likeness (QED) is 0.311. The molecule has 0 aromatic heterocycles. The molecule has 158 valence electrons. The molecule has 0 aliphatic rings. The lowest BCUT2D eigenvalue weighted by atomic mass is 10.1. The number of halogens is 4. The van der Waals surface area contributed by atoms with E-state index >= 15 is 0 Å². The molecule has 0 aliphatic heterocycles. The Bertz CT molecular complexity index is 887. The van der Waals surface area contributed by atoms with Crippen LogP contribution in [-0.2, 0) is 16.0 Å². The molecule has 1 atom stereocenters. The van der Waals surface area contributed by atoms with Gasteiger partial charge in [-0.2, -0.15) is 13.2 Å². The second-order valence-corrected chi connectivity index (χ2v) is 6.40. The molecule has 0 unspecified atom stereocenters. The second-order valence-electron chi connectivity index (χ2n) is 6.40. The van der Waals surface area contributed by atoms with Gasteiger partial charge in [-0.05, 0) is 49.7 Å². The summed E-state index contributed by atoms with van der Waals surface area (Å²) in [5.41, 5.74) is -1.99. The number of benzene rings is 2. The number of alkyl halides is 3. The first-order valence-electron chi connectivity index (χ1n) is 8.14. The van der Waals surface area contributed by atoms with E-state index in [9.17, 15) is 27.5 Å². The van der Waals surface area contributed by atoms with Crippen LogP contribution in [0.15, 0.2) is 36.4 Å². The van der Waals surface area contributed by atoms with E-state index < -0.39 is 41.4 Å². The Labute approximate surface area is 162 Å². The summed E-state index contributed by atoms with van der Waals surface area (Å²) in [7, 11) is 0. The van der Waals surface area contributed by atoms with Crippen LogP contribution in [0.4, 0.5) is 28.9 Å². The van der Waals surface area contributed by atoms with E-state index in [0.29, 0.717) is 11.6 Å². The average Bonchev–Trinajstić information content (AvgIpc) is 2.61. The van der Waals surface area contributed by atoms with Crippen molar-refractivity contribution in [2.75, 3.05) is 17.4 Å². The summed E-state index contributed by atoms with van der Waals surface area (Å²) in [6.07, 6.45) is -4.82. The molecule has 29 heavy (non-hydrogen) atoms. The summed E-state index contributed by atoms with van der Waals surface area (Å²) in [5, 5.41) is 20.7. The number of aryl methyl sites for hydroxylation is 1. The lowest BCUT2D eigenvalue weighted by Gasteiger charge is -2.23. The van der Waals surface area contributed by atoms with Crippen molar-refractivity contribution >= 4 is 17.3 Å². The minimum absolute atomic E-state index is 0.192. The fraction of sp³-hybridized carbons (Fsp3) is 0.278. The number of anilines is 2. The first-order chi connectivity index (χ1) is 13.4. The van der Waals surface area contributed by atoms with Gasteiger partial charge in [0.15, 0.2) is 17.2 Å². The summed E-state index contributed by atoms with van der Waals surface area (Å²) in [5.74, 6) is -1.95. The minimum Gasteiger partial charge on any atom is -0.487 e. The number of aliphatic hydroxyl groups is 1. The molecule has 0 bridgehead atoms. The largest absolute Gasteiger partial charge is 0.487 e. The zero-order valence-corrected chi connectivity index (χ0v) is 15.3. The molecule has 2 aromatic rings. The number of rotatable bonds is 7. The number of hydrogen-bond donors (Lipinski definition) is 4. The Morgan fingerprint density at radius 1 is 1.17 bits per heavy atom. The summed E-state index contributed by atoms with van der Waals surface area (Å²) < 4.78 is 58.2. The molecule has 0 spiro atoms. The minimum atomic E-state index is -4.82. The summed E-state index contributed by atoms with van der Waals surface area (Å²) >= 11 is 0. The smallest absolute Gasteiger partial charge is 0.418 e. The molecule has 0 radical (unpaired) electrons. The van der Waals surface area contributed by atoms with Gasteiger partial charge in [0.2, 0.25) is 0 Å². The fourth-order valence-corrected chi connectivity index (χ4v) is 2.27. The highest BCUT2D eigenvalue weighted by Gasteiger charge is 2.36. The predicted octanol–water partition coefficient (Wildman–Crippen LogP) is 3.74. The van der Waals surface area contributed by atoms with Gasteiger partial charge in [-0.25, -0.2) is 15.1 Å². The number of amides is 1. The van der Waals surface area contributed by atoms with Gasteiger partial charge in [-0.1, -0.05) is 6.07 Å². The standard InChI is InChI=1S/C18H18F4N2O5/c1-10-3-6-15(13(19)7-10)28-9-17(2,26)16(25)23-11-4-5-14(24-29-27)12(8-11)18(20,21)22/h3-8,24,26-27H,9H2,1-2H3,(H,23,25)/t17-/m0/s1. The van der Waals surface area contributed by atoms with Crippen LogP contribution in [0, 0.1) is 12.7 Å². The molecule has 0 fully saturated rings. The Morgan fingerprint density at radius 2 is 1.86 bits per heavy atom.